The average molecular weight is 415 g/mol. The van der Waals surface area contributed by atoms with E-state index in [4.69, 9.17) is 0 Å². The molecule has 12 heteroatoms. The zero-order chi connectivity index (χ0) is 22.8. The molecule has 0 aliphatic heterocycles. The summed E-state index contributed by atoms with van der Waals surface area (Å²) in [5, 5.41) is 39.9. The third-order valence-electron chi connectivity index (χ3n) is 3.37. The van der Waals surface area contributed by atoms with E-state index in [1.165, 1.54) is 12.7 Å². The van der Waals surface area contributed by atoms with Crippen molar-refractivity contribution in [3.8, 4) is 0 Å². The van der Waals surface area contributed by atoms with Crippen molar-refractivity contribution in [2.24, 2.45) is 0 Å². The summed E-state index contributed by atoms with van der Waals surface area (Å²) in [7, 11) is 0. The second-order valence-corrected chi connectivity index (χ2v) is 9.40. The van der Waals surface area contributed by atoms with Gasteiger partial charge in [-0.25, -0.2) is 4.98 Å². The highest BCUT2D eigenvalue weighted by Gasteiger charge is 2.18. The standard InChI is InChI=1S/3C6H10N4/c1-6(2,3)5-9-7-4-8-10-5;1-6(2,3)5-7-4-8-10-9-5;1-6(2,3)5-4-7-9-10-8-5/h3*4H,1-3H3. The van der Waals surface area contributed by atoms with Crippen LogP contribution < -0.4 is 0 Å². The van der Waals surface area contributed by atoms with Gasteiger partial charge in [0, 0.05) is 16.2 Å². The molecule has 0 spiro atoms. The molecule has 12 nitrogen and oxygen atoms in total. The van der Waals surface area contributed by atoms with Crippen molar-refractivity contribution in [2.45, 2.75) is 78.6 Å². The van der Waals surface area contributed by atoms with E-state index in [1.54, 1.807) is 6.20 Å². The first-order chi connectivity index (χ1) is 13.8. The topological polar surface area (TPSA) is 155 Å². The first-order valence-corrected chi connectivity index (χ1v) is 9.35. The van der Waals surface area contributed by atoms with Gasteiger partial charge in [-0.3, -0.25) is 0 Å². The molecule has 3 heterocycles. The number of hydrogen-bond acceptors (Lipinski definition) is 12. The van der Waals surface area contributed by atoms with Gasteiger partial charge in [0.15, 0.2) is 18.0 Å². The van der Waals surface area contributed by atoms with E-state index in [-0.39, 0.29) is 16.2 Å². The Balaban J connectivity index is 0.000000225. The van der Waals surface area contributed by atoms with Crippen LogP contribution in [0.5, 0.6) is 0 Å². The molecule has 0 aromatic carbocycles. The van der Waals surface area contributed by atoms with E-state index in [0.717, 1.165) is 11.5 Å². The van der Waals surface area contributed by atoms with Crippen LogP contribution in [-0.4, -0.2) is 61.4 Å². The Hall–Kier alpha value is -3.18. The molecule has 0 N–H and O–H groups in total. The van der Waals surface area contributed by atoms with Gasteiger partial charge in [-0.15, -0.1) is 40.8 Å². The molecule has 3 aromatic heterocycles. The van der Waals surface area contributed by atoms with Crippen molar-refractivity contribution in [1.29, 1.82) is 0 Å². The molecule has 0 saturated carbocycles. The lowest BCUT2D eigenvalue weighted by Crippen LogP contribution is -2.17. The quantitative estimate of drug-likeness (QED) is 0.525. The lowest BCUT2D eigenvalue weighted by Gasteiger charge is -2.14. The van der Waals surface area contributed by atoms with Crippen LogP contribution in [0.4, 0.5) is 0 Å². The summed E-state index contributed by atoms with van der Waals surface area (Å²) >= 11 is 0. The van der Waals surface area contributed by atoms with Crippen molar-refractivity contribution < 1.29 is 0 Å². The Bertz CT molecular complexity index is 720. The van der Waals surface area contributed by atoms with Crippen molar-refractivity contribution >= 4 is 0 Å². The van der Waals surface area contributed by atoms with Crippen LogP contribution in [0, 0.1) is 0 Å². The minimum absolute atomic E-state index is 0.0168. The molecule has 3 aromatic rings. The number of aromatic nitrogens is 12. The molecule has 0 bridgehead atoms. The molecule has 0 aliphatic carbocycles. The molecule has 0 fully saturated rings. The van der Waals surface area contributed by atoms with Gasteiger partial charge in [-0.2, -0.15) is 0 Å². The summed E-state index contributed by atoms with van der Waals surface area (Å²) in [6, 6.07) is 0. The molecule has 0 aliphatic rings. The lowest BCUT2D eigenvalue weighted by atomic mass is 9.93. The van der Waals surface area contributed by atoms with Crippen LogP contribution in [0.2, 0.25) is 0 Å². The molecule has 3 rings (SSSR count). The summed E-state index contributed by atoms with van der Waals surface area (Å²) in [6.45, 7) is 18.3. The summed E-state index contributed by atoms with van der Waals surface area (Å²) in [4.78, 5) is 3.97. The molecular formula is C18H30N12. The third kappa shape index (κ3) is 9.34. The third-order valence-corrected chi connectivity index (χ3v) is 3.37. The van der Waals surface area contributed by atoms with E-state index in [0.29, 0.717) is 5.82 Å². The first kappa shape index (κ1) is 24.9. The molecule has 0 saturated heterocycles. The molecule has 0 radical (unpaired) electrons. The molecule has 0 amide bonds. The maximum atomic E-state index is 3.97. The Morgan fingerprint density at radius 1 is 0.500 bits per heavy atom. The Morgan fingerprint density at radius 2 is 1.10 bits per heavy atom. The summed E-state index contributed by atoms with van der Waals surface area (Å²) < 4.78 is 0. The molecular weight excluding hydrogens is 384 g/mol. The van der Waals surface area contributed by atoms with Crippen molar-refractivity contribution in [2.75, 3.05) is 0 Å². The van der Waals surface area contributed by atoms with Gasteiger partial charge < -0.3 is 0 Å². The predicted octanol–water partition coefficient (Wildman–Crippen LogP) is 1.69. The van der Waals surface area contributed by atoms with Crippen LogP contribution >= 0.6 is 0 Å². The van der Waals surface area contributed by atoms with Crippen LogP contribution in [0.3, 0.4) is 0 Å². The van der Waals surface area contributed by atoms with Crippen molar-refractivity contribution in [3.05, 3.63) is 36.2 Å². The fraction of sp³-hybridized carbons (Fsp3) is 0.667. The van der Waals surface area contributed by atoms with E-state index in [2.05, 4.69) is 82.2 Å². The van der Waals surface area contributed by atoms with Gasteiger partial charge >= 0.3 is 0 Å². The maximum Gasteiger partial charge on any atom is 0.178 e. The van der Waals surface area contributed by atoms with Crippen LogP contribution in [0.25, 0.3) is 0 Å². The van der Waals surface area contributed by atoms with E-state index < -0.39 is 0 Å². The lowest BCUT2D eigenvalue weighted by molar-refractivity contribution is 0.518. The minimum Gasteiger partial charge on any atom is -0.217 e. The molecule has 0 unspecified atom stereocenters. The van der Waals surface area contributed by atoms with Gasteiger partial charge in [-0.1, -0.05) is 62.3 Å². The smallest absolute Gasteiger partial charge is 0.178 e. The highest BCUT2D eigenvalue weighted by molar-refractivity contribution is 5.04. The summed E-state index contributed by atoms with van der Waals surface area (Å²) in [5.74, 6) is 1.40. The highest BCUT2D eigenvalue weighted by Crippen LogP contribution is 2.17. The first-order valence-electron chi connectivity index (χ1n) is 9.35. The van der Waals surface area contributed by atoms with E-state index in [9.17, 15) is 0 Å². The maximum absolute atomic E-state index is 3.97. The molecule has 30 heavy (non-hydrogen) atoms. The van der Waals surface area contributed by atoms with Gasteiger partial charge in [0.05, 0.1) is 11.9 Å². The Kier molecular flexibility index (Phi) is 8.75. The second kappa shape index (κ2) is 10.6. The Morgan fingerprint density at radius 3 is 1.40 bits per heavy atom. The van der Waals surface area contributed by atoms with Gasteiger partial charge in [0.25, 0.3) is 0 Å². The zero-order valence-electron chi connectivity index (χ0n) is 19.1. The van der Waals surface area contributed by atoms with E-state index in [1.807, 2.05) is 41.5 Å². The number of rotatable bonds is 0. The normalized spacial score (nSPS) is 11.5. The van der Waals surface area contributed by atoms with E-state index >= 15 is 0 Å². The summed E-state index contributed by atoms with van der Waals surface area (Å²) in [5.41, 5.74) is 0.794. The fourth-order valence-electron chi connectivity index (χ4n) is 1.59. The average Bonchev–Trinajstić information content (AvgIpc) is 2.69. The molecule has 0 atom stereocenters. The minimum atomic E-state index is -0.0543. The van der Waals surface area contributed by atoms with Gasteiger partial charge in [0.2, 0.25) is 0 Å². The SMILES string of the molecule is CC(C)(C)c1cnnnn1.CC(C)(C)c1ncnnn1.CC(C)(C)c1nncnn1. The van der Waals surface area contributed by atoms with Crippen LogP contribution in [0.1, 0.15) is 79.7 Å². The van der Waals surface area contributed by atoms with Gasteiger partial charge in [-0.05, 0) is 15.6 Å². The highest BCUT2D eigenvalue weighted by atomic mass is 15.4. The molecule has 162 valence electrons. The fourth-order valence-corrected chi connectivity index (χ4v) is 1.59. The Labute approximate surface area is 176 Å². The second-order valence-electron chi connectivity index (χ2n) is 9.40. The summed E-state index contributed by atoms with van der Waals surface area (Å²) in [6.07, 6.45) is 4.37. The predicted molar refractivity (Wildman–Crippen MR) is 109 cm³/mol. The number of nitrogens with zero attached hydrogens (tertiary/aromatic N) is 12. The van der Waals surface area contributed by atoms with Crippen LogP contribution in [-0.2, 0) is 16.2 Å². The van der Waals surface area contributed by atoms with Crippen molar-refractivity contribution in [1.82, 2.24) is 61.4 Å². The monoisotopic (exact) mass is 414 g/mol. The largest absolute Gasteiger partial charge is 0.217 e. The van der Waals surface area contributed by atoms with Crippen molar-refractivity contribution in [3.63, 3.8) is 0 Å². The number of hydrogen-bond donors (Lipinski definition) is 0. The van der Waals surface area contributed by atoms with Gasteiger partial charge in [0.1, 0.15) is 6.33 Å². The zero-order valence-corrected chi connectivity index (χ0v) is 19.1. The van der Waals surface area contributed by atoms with Crippen LogP contribution in [0.15, 0.2) is 18.9 Å².